The molecule has 1 atom stereocenters. The highest BCUT2D eigenvalue weighted by molar-refractivity contribution is 7.14. The Labute approximate surface area is 117 Å². The lowest BCUT2D eigenvalue weighted by Gasteiger charge is -2.28. The van der Waals surface area contributed by atoms with E-state index in [4.69, 9.17) is 9.47 Å². The quantitative estimate of drug-likeness (QED) is 0.854. The van der Waals surface area contributed by atoms with Crippen LogP contribution in [0.5, 0.6) is 0 Å². The zero-order valence-corrected chi connectivity index (χ0v) is 11.5. The molecule has 1 aromatic heterocycles. The van der Waals surface area contributed by atoms with Gasteiger partial charge in [0.25, 0.3) is 5.91 Å². The van der Waals surface area contributed by atoms with Crippen LogP contribution in [0.1, 0.15) is 5.69 Å². The third-order valence-corrected chi connectivity index (χ3v) is 3.51. The molecule has 1 amide bonds. The number of anilines is 1. The van der Waals surface area contributed by atoms with Gasteiger partial charge in [0.05, 0.1) is 25.5 Å². The number of alkyl halides is 3. The first-order chi connectivity index (χ1) is 9.37. The van der Waals surface area contributed by atoms with Gasteiger partial charge in [-0.2, -0.15) is 13.2 Å². The van der Waals surface area contributed by atoms with Crippen LogP contribution in [0.25, 0.3) is 0 Å². The van der Waals surface area contributed by atoms with Crippen molar-refractivity contribution < 1.29 is 27.4 Å². The molecule has 1 saturated heterocycles. The number of aryl methyl sites for hydroxylation is 1. The maximum atomic E-state index is 12.6. The average molecular weight is 310 g/mol. The van der Waals surface area contributed by atoms with Gasteiger partial charge in [-0.05, 0) is 6.92 Å². The topological polar surface area (TPSA) is 51.7 Å². The summed E-state index contributed by atoms with van der Waals surface area (Å²) in [5.41, 5.74) is 0.561. The number of amides is 1. The molecule has 0 bridgehead atoms. The number of rotatable bonds is 3. The standard InChI is InChI=1S/C11H13F3N2O3S/c1-7-5-20-10(15-7)16(6-11(12,13)14)9(17)8-4-18-2-3-19-8/h5,8H,2-4,6H2,1H3. The summed E-state index contributed by atoms with van der Waals surface area (Å²) < 4.78 is 48.1. The fraction of sp³-hybridized carbons (Fsp3) is 0.636. The number of nitrogens with zero attached hydrogens (tertiary/aromatic N) is 2. The highest BCUT2D eigenvalue weighted by Gasteiger charge is 2.38. The van der Waals surface area contributed by atoms with Gasteiger partial charge in [-0.1, -0.05) is 0 Å². The zero-order valence-electron chi connectivity index (χ0n) is 10.6. The number of hydrogen-bond acceptors (Lipinski definition) is 5. The van der Waals surface area contributed by atoms with Gasteiger partial charge in [0.15, 0.2) is 11.2 Å². The first-order valence-electron chi connectivity index (χ1n) is 5.86. The van der Waals surface area contributed by atoms with Crippen molar-refractivity contribution in [1.82, 2.24) is 4.98 Å². The van der Waals surface area contributed by atoms with E-state index in [0.717, 1.165) is 11.3 Å². The van der Waals surface area contributed by atoms with Gasteiger partial charge in [-0.3, -0.25) is 9.69 Å². The Morgan fingerprint density at radius 2 is 2.30 bits per heavy atom. The summed E-state index contributed by atoms with van der Waals surface area (Å²) in [6, 6.07) is 0. The minimum atomic E-state index is -4.51. The zero-order chi connectivity index (χ0) is 14.8. The highest BCUT2D eigenvalue weighted by atomic mass is 32.1. The maximum absolute atomic E-state index is 12.6. The molecule has 1 aromatic rings. The number of thiazole rings is 1. The summed E-state index contributed by atoms with van der Waals surface area (Å²) >= 11 is 0.988. The molecule has 1 fully saturated rings. The third kappa shape index (κ3) is 3.90. The summed E-state index contributed by atoms with van der Waals surface area (Å²) in [4.78, 5) is 16.7. The molecule has 0 N–H and O–H groups in total. The minimum Gasteiger partial charge on any atom is -0.376 e. The van der Waals surface area contributed by atoms with E-state index in [1.165, 1.54) is 0 Å². The summed E-state index contributed by atoms with van der Waals surface area (Å²) in [5, 5.41) is 1.60. The number of ether oxygens (including phenoxy) is 2. The normalized spacial score (nSPS) is 19.9. The molecule has 0 saturated carbocycles. The van der Waals surface area contributed by atoms with Crippen LogP contribution in [0.15, 0.2) is 5.38 Å². The summed E-state index contributed by atoms with van der Waals surface area (Å²) in [6.45, 7) is 0.735. The number of carbonyl (C=O) groups is 1. The van der Waals surface area contributed by atoms with E-state index >= 15 is 0 Å². The van der Waals surface area contributed by atoms with Crippen LogP contribution in [0.4, 0.5) is 18.3 Å². The van der Waals surface area contributed by atoms with Crippen LogP contribution < -0.4 is 4.90 Å². The Morgan fingerprint density at radius 1 is 1.55 bits per heavy atom. The van der Waals surface area contributed by atoms with Crippen LogP contribution in [0, 0.1) is 6.92 Å². The third-order valence-electron chi connectivity index (χ3n) is 2.53. The second kappa shape index (κ2) is 6.06. The molecular formula is C11H13F3N2O3S. The van der Waals surface area contributed by atoms with Crippen LogP contribution in [-0.2, 0) is 14.3 Å². The molecule has 0 spiro atoms. The fourth-order valence-electron chi connectivity index (χ4n) is 1.69. The van der Waals surface area contributed by atoms with Gasteiger partial charge in [-0.15, -0.1) is 11.3 Å². The molecule has 0 aromatic carbocycles. The molecule has 0 aliphatic carbocycles. The molecule has 2 rings (SSSR count). The lowest BCUT2D eigenvalue weighted by molar-refractivity contribution is -0.151. The van der Waals surface area contributed by atoms with Crippen LogP contribution >= 0.6 is 11.3 Å². The lowest BCUT2D eigenvalue weighted by atomic mass is 10.3. The largest absolute Gasteiger partial charge is 0.406 e. The molecule has 1 aliphatic heterocycles. The summed E-state index contributed by atoms with van der Waals surface area (Å²) in [7, 11) is 0. The van der Waals surface area contributed by atoms with Crippen molar-refractivity contribution in [2.75, 3.05) is 31.3 Å². The Hall–Kier alpha value is -1.19. The average Bonchev–Trinajstić information content (AvgIpc) is 2.82. The van der Waals surface area contributed by atoms with Gasteiger partial charge < -0.3 is 9.47 Å². The number of halogens is 3. The van der Waals surface area contributed by atoms with Crippen molar-refractivity contribution in [3.05, 3.63) is 11.1 Å². The first kappa shape index (κ1) is 15.2. The first-order valence-corrected chi connectivity index (χ1v) is 6.74. The van der Waals surface area contributed by atoms with E-state index < -0.39 is 24.7 Å². The second-order valence-corrected chi connectivity index (χ2v) is 5.08. The molecule has 112 valence electrons. The molecule has 2 heterocycles. The monoisotopic (exact) mass is 310 g/mol. The Bertz CT molecular complexity index is 472. The van der Waals surface area contributed by atoms with Crippen LogP contribution in [0.2, 0.25) is 0 Å². The van der Waals surface area contributed by atoms with E-state index in [1.807, 2.05) is 0 Å². The predicted molar refractivity (Wildman–Crippen MR) is 65.8 cm³/mol. The molecular weight excluding hydrogens is 297 g/mol. The maximum Gasteiger partial charge on any atom is 0.406 e. The molecule has 1 unspecified atom stereocenters. The Kier molecular flexibility index (Phi) is 4.61. The van der Waals surface area contributed by atoms with Crippen molar-refractivity contribution in [3.63, 3.8) is 0 Å². The van der Waals surface area contributed by atoms with Crippen molar-refractivity contribution in [2.24, 2.45) is 0 Å². The van der Waals surface area contributed by atoms with E-state index in [2.05, 4.69) is 4.98 Å². The number of carbonyl (C=O) groups excluding carboxylic acids is 1. The van der Waals surface area contributed by atoms with Crippen molar-refractivity contribution in [2.45, 2.75) is 19.2 Å². The van der Waals surface area contributed by atoms with Crippen molar-refractivity contribution in [1.29, 1.82) is 0 Å². The summed E-state index contributed by atoms with van der Waals surface area (Å²) in [6.07, 6.45) is -5.53. The SMILES string of the molecule is Cc1csc(N(CC(F)(F)F)C(=O)C2COCCO2)n1. The highest BCUT2D eigenvalue weighted by Crippen LogP contribution is 2.26. The van der Waals surface area contributed by atoms with Crippen LogP contribution in [-0.4, -0.2) is 49.5 Å². The predicted octanol–water partition coefficient (Wildman–Crippen LogP) is 1.76. The minimum absolute atomic E-state index is 0.0130. The number of aromatic nitrogens is 1. The Morgan fingerprint density at radius 3 is 2.80 bits per heavy atom. The van der Waals surface area contributed by atoms with Gasteiger partial charge >= 0.3 is 6.18 Å². The van der Waals surface area contributed by atoms with Gasteiger partial charge in [0, 0.05) is 5.38 Å². The molecule has 20 heavy (non-hydrogen) atoms. The van der Waals surface area contributed by atoms with E-state index in [1.54, 1.807) is 12.3 Å². The van der Waals surface area contributed by atoms with Crippen LogP contribution in [0.3, 0.4) is 0 Å². The van der Waals surface area contributed by atoms with Gasteiger partial charge in [-0.25, -0.2) is 4.98 Å². The second-order valence-electron chi connectivity index (χ2n) is 4.25. The fourth-order valence-corrected chi connectivity index (χ4v) is 2.50. The molecule has 5 nitrogen and oxygen atoms in total. The van der Waals surface area contributed by atoms with E-state index in [0.29, 0.717) is 17.2 Å². The van der Waals surface area contributed by atoms with E-state index in [9.17, 15) is 18.0 Å². The number of hydrogen-bond donors (Lipinski definition) is 0. The molecule has 0 radical (unpaired) electrons. The summed E-state index contributed by atoms with van der Waals surface area (Å²) in [5.74, 6) is -0.781. The molecule has 1 aliphatic rings. The van der Waals surface area contributed by atoms with E-state index in [-0.39, 0.29) is 18.3 Å². The lowest BCUT2D eigenvalue weighted by Crippen LogP contribution is -2.48. The van der Waals surface area contributed by atoms with Gasteiger partial charge in [0.2, 0.25) is 0 Å². The smallest absolute Gasteiger partial charge is 0.376 e. The van der Waals surface area contributed by atoms with Crippen molar-refractivity contribution in [3.8, 4) is 0 Å². The van der Waals surface area contributed by atoms with Crippen molar-refractivity contribution >= 4 is 22.4 Å². The van der Waals surface area contributed by atoms with Gasteiger partial charge in [0.1, 0.15) is 6.54 Å². The Balaban J connectivity index is 2.19. The molecule has 9 heteroatoms.